The van der Waals surface area contributed by atoms with E-state index in [9.17, 15) is 26.7 Å². The van der Waals surface area contributed by atoms with Crippen molar-refractivity contribution < 1.29 is 31.5 Å². The fourth-order valence-electron chi connectivity index (χ4n) is 0.253. The van der Waals surface area contributed by atoms with Crippen LogP contribution in [0.4, 0.5) is 26.7 Å². The van der Waals surface area contributed by atoms with Gasteiger partial charge in [-0.1, -0.05) is 0 Å². The molecule has 12 heavy (non-hydrogen) atoms. The lowest BCUT2D eigenvalue weighted by Crippen LogP contribution is -2.45. The Bertz CT molecular complexity index is 182. The van der Waals surface area contributed by atoms with E-state index in [1.165, 1.54) is 0 Å². The summed E-state index contributed by atoms with van der Waals surface area (Å²) in [7, 11) is 0. The van der Waals surface area contributed by atoms with Crippen molar-refractivity contribution in [3.8, 4) is 0 Å². The van der Waals surface area contributed by atoms with Gasteiger partial charge in [0.2, 0.25) is 0 Å². The average molecular weight is 213 g/mol. The van der Waals surface area contributed by atoms with Crippen molar-refractivity contribution in [1.82, 2.24) is 0 Å². The molecule has 0 aliphatic rings. The molecule has 0 unspecified atom stereocenters. The van der Waals surface area contributed by atoms with Crippen LogP contribution in [-0.4, -0.2) is 24.1 Å². The summed E-state index contributed by atoms with van der Waals surface area (Å²) in [5, 5.41) is 0. The number of carbonyl (C=O) groups excluding carboxylic acids is 1. The number of ether oxygens (including phenoxy) is 1. The predicted molar refractivity (Wildman–Crippen MR) is 28.2 cm³/mol. The molecule has 0 aromatic rings. The predicted octanol–water partition coefficient (Wildman–Crippen LogP) is 2.56. The maximum Gasteiger partial charge on any atom is 0.470 e. The first kappa shape index (κ1) is 11.4. The van der Waals surface area contributed by atoms with E-state index in [1.54, 1.807) is 0 Å². The van der Waals surface area contributed by atoms with E-state index < -0.39 is 24.1 Å². The van der Waals surface area contributed by atoms with Gasteiger partial charge >= 0.3 is 17.5 Å². The lowest BCUT2D eigenvalue weighted by Gasteiger charge is -2.21. The Hall–Kier alpha value is -0.590. The van der Waals surface area contributed by atoms with Crippen molar-refractivity contribution in [2.75, 3.05) is 6.67 Å². The molecule has 0 saturated heterocycles. The van der Waals surface area contributed by atoms with Gasteiger partial charge in [0, 0.05) is 11.6 Å². The zero-order valence-corrected chi connectivity index (χ0v) is 6.05. The minimum absolute atomic E-state index is 2.13. The number of hydrogen-bond donors (Lipinski definition) is 0. The normalized spacial score (nSPS) is 12.8. The topological polar surface area (TPSA) is 26.3 Å². The van der Waals surface area contributed by atoms with E-state index in [2.05, 4.69) is 16.3 Å². The van der Waals surface area contributed by atoms with E-state index in [-0.39, 0.29) is 0 Å². The Morgan fingerprint density at radius 1 is 1.33 bits per heavy atom. The largest absolute Gasteiger partial charge is 0.470 e. The molecule has 0 amide bonds. The summed E-state index contributed by atoms with van der Waals surface area (Å²) in [6.45, 7) is -2.65. The molecule has 0 fully saturated rings. The minimum atomic E-state index is -5.22. The van der Waals surface area contributed by atoms with Crippen LogP contribution in [-0.2, 0) is 4.74 Å². The molecular weight excluding hydrogens is 210 g/mol. The van der Waals surface area contributed by atoms with Gasteiger partial charge in [0.15, 0.2) is 6.67 Å². The Kier molecular flexibility index (Phi) is 3.25. The molecular formula is C4H2ClF5O2. The van der Waals surface area contributed by atoms with E-state index in [4.69, 9.17) is 0 Å². The number of rotatable bonds is 3. The van der Waals surface area contributed by atoms with Crippen LogP contribution in [0.15, 0.2) is 0 Å². The van der Waals surface area contributed by atoms with Crippen LogP contribution in [0.25, 0.3) is 0 Å². The molecule has 8 heteroatoms. The molecule has 0 aliphatic carbocycles. The van der Waals surface area contributed by atoms with Crippen LogP contribution in [0.2, 0.25) is 0 Å². The SMILES string of the molecule is O=C(Cl)OC(F)(F)C(F)(F)CF. The summed E-state index contributed by atoms with van der Waals surface area (Å²) in [5.41, 5.74) is -2.13. The molecule has 0 aliphatic heterocycles. The van der Waals surface area contributed by atoms with Crippen LogP contribution in [0, 0.1) is 0 Å². The third-order valence-electron chi connectivity index (χ3n) is 0.802. The second-order valence-electron chi connectivity index (χ2n) is 1.69. The number of carbonyl (C=O) groups is 1. The van der Waals surface area contributed by atoms with Crippen molar-refractivity contribution in [3.05, 3.63) is 0 Å². The number of alkyl halides is 5. The number of halogens is 6. The van der Waals surface area contributed by atoms with Crippen LogP contribution in [0.3, 0.4) is 0 Å². The maximum absolute atomic E-state index is 11.9. The van der Waals surface area contributed by atoms with Gasteiger partial charge in [0.25, 0.3) is 0 Å². The highest BCUT2D eigenvalue weighted by molar-refractivity contribution is 6.61. The Balaban J connectivity index is 4.48. The van der Waals surface area contributed by atoms with Crippen LogP contribution >= 0.6 is 11.6 Å². The third kappa shape index (κ3) is 2.47. The number of hydrogen-bond acceptors (Lipinski definition) is 2. The summed E-state index contributed by atoms with van der Waals surface area (Å²) in [4.78, 5) is 9.63. The molecule has 0 aromatic heterocycles. The van der Waals surface area contributed by atoms with Gasteiger partial charge in [-0.3, -0.25) is 0 Å². The summed E-state index contributed by atoms with van der Waals surface area (Å²) < 4.78 is 61.5. The summed E-state index contributed by atoms with van der Waals surface area (Å²) in [6.07, 6.45) is -5.22. The Labute approximate surface area is 68.2 Å². The summed E-state index contributed by atoms with van der Waals surface area (Å²) in [6, 6.07) is 0. The molecule has 2 nitrogen and oxygen atoms in total. The first-order valence-corrected chi connectivity index (χ1v) is 2.81. The van der Waals surface area contributed by atoms with E-state index in [1.807, 2.05) is 0 Å². The minimum Gasteiger partial charge on any atom is -0.384 e. The molecule has 0 rings (SSSR count). The van der Waals surface area contributed by atoms with Crippen LogP contribution in [0.1, 0.15) is 0 Å². The first-order chi connectivity index (χ1) is 5.23. The average Bonchev–Trinajstić information content (AvgIpc) is 1.84. The van der Waals surface area contributed by atoms with Crippen molar-refractivity contribution in [1.29, 1.82) is 0 Å². The van der Waals surface area contributed by atoms with E-state index in [0.29, 0.717) is 0 Å². The van der Waals surface area contributed by atoms with Gasteiger partial charge in [-0.05, 0) is 0 Å². The molecule has 0 spiro atoms. The maximum atomic E-state index is 11.9. The van der Waals surface area contributed by atoms with E-state index in [0.717, 1.165) is 0 Å². The third-order valence-corrected chi connectivity index (χ3v) is 0.879. The highest BCUT2D eigenvalue weighted by atomic mass is 35.5. The zero-order chi connectivity index (χ0) is 9.99. The molecule has 0 atom stereocenters. The van der Waals surface area contributed by atoms with Gasteiger partial charge in [0.05, 0.1) is 0 Å². The first-order valence-electron chi connectivity index (χ1n) is 2.43. The molecule has 72 valence electrons. The highest BCUT2D eigenvalue weighted by Crippen LogP contribution is 2.35. The Morgan fingerprint density at radius 3 is 2.00 bits per heavy atom. The quantitative estimate of drug-likeness (QED) is 0.531. The van der Waals surface area contributed by atoms with Gasteiger partial charge in [-0.15, -0.1) is 0 Å². The second kappa shape index (κ2) is 3.42. The van der Waals surface area contributed by atoms with Gasteiger partial charge in [-0.25, -0.2) is 9.18 Å². The summed E-state index contributed by atoms with van der Waals surface area (Å²) >= 11 is 4.23. The Morgan fingerprint density at radius 2 is 1.75 bits per heavy atom. The smallest absolute Gasteiger partial charge is 0.384 e. The van der Waals surface area contributed by atoms with Crippen molar-refractivity contribution in [3.63, 3.8) is 0 Å². The lowest BCUT2D eigenvalue weighted by molar-refractivity contribution is -0.321. The van der Waals surface area contributed by atoms with Crippen molar-refractivity contribution in [2.45, 2.75) is 12.0 Å². The van der Waals surface area contributed by atoms with Gasteiger partial charge < -0.3 is 4.74 Å². The standard InChI is InChI=1S/C4H2ClF5O2/c5-2(11)12-4(9,10)3(7,8)1-6/h1H2. The summed E-state index contributed by atoms with van der Waals surface area (Å²) in [5.74, 6) is -5.06. The fraction of sp³-hybridized carbons (Fsp3) is 0.750. The molecule has 0 radical (unpaired) electrons. The highest BCUT2D eigenvalue weighted by Gasteiger charge is 2.60. The van der Waals surface area contributed by atoms with Gasteiger partial charge in [-0.2, -0.15) is 17.6 Å². The fourth-order valence-corrected chi connectivity index (χ4v) is 0.350. The lowest BCUT2D eigenvalue weighted by atomic mass is 10.3. The van der Waals surface area contributed by atoms with E-state index >= 15 is 0 Å². The van der Waals surface area contributed by atoms with Crippen molar-refractivity contribution >= 4 is 17.0 Å². The molecule has 0 bridgehead atoms. The van der Waals surface area contributed by atoms with Gasteiger partial charge in [0.1, 0.15) is 0 Å². The molecule has 0 heterocycles. The molecule has 0 N–H and O–H groups in total. The monoisotopic (exact) mass is 212 g/mol. The zero-order valence-electron chi connectivity index (χ0n) is 5.29. The second-order valence-corrected chi connectivity index (χ2v) is 2.00. The van der Waals surface area contributed by atoms with Crippen LogP contribution < -0.4 is 0 Å². The van der Waals surface area contributed by atoms with Crippen LogP contribution in [0.5, 0.6) is 0 Å². The van der Waals surface area contributed by atoms with Crippen molar-refractivity contribution in [2.24, 2.45) is 0 Å². The molecule has 0 aromatic carbocycles. The molecule has 0 saturated carbocycles.